The summed E-state index contributed by atoms with van der Waals surface area (Å²) in [5.41, 5.74) is 6.10. The standard InChI is InChI=1S/C12H14ClFN2/c1-12(4-2-3-11(15)16-12)8-5-9(13)7-10(14)6-8/h5-7H,2-4H2,1H3,(H2,15,16)/t12-/m1/s1. The van der Waals surface area contributed by atoms with Gasteiger partial charge >= 0.3 is 0 Å². The minimum atomic E-state index is -0.436. The van der Waals surface area contributed by atoms with Crippen molar-refractivity contribution in [2.24, 2.45) is 10.7 Å². The maximum atomic E-state index is 13.3. The van der Waals surface area contributed by atoms with Gasteiger partial charge in [-0.15, -0.1) is 0 Å². The Morgan fingerprint density at radius 2 is 2.19 bits per heavy atom. The van der Waals surface area contributed by atoms with Crippen LogP contribution in [0, 0.1) is 5.82 Å². The second kappa shape index (κ2) is 4.06. The van der Waals surface area contributed by atoms with Gasteiger partial charge in [0.05, 0.1) is 11.4 Å². The summed E-state index contributed by atoms with van der Waals surface area (Å²) in [6.07, 6.45) is 2.66. The van der Waals surface area contributed by atoms with Crippen molar-refractivity contribution in [3.8, 4) is 0 Å². The van der Waals surface area contributed by atoms with Crippen LogP contribution in [0.4, 0.5) is 4.39 Å². The van der Waals surface area contributed by atoms with Gasteiger partial charge in [0.25, 0.3) is 0 Å². The minimum Gasteiger partial charge on any atom is -0.387 e. The first kappa shape index (κ1) is 11.4. The Hall–Kier alpha value is -1.09. The highest BCUT2D eigenvalue weighted by Crippen LogP contribution is 2.35. The zero-order valence-electron chi connectivity index (χ0n) is 9.13. The lowest BCUT2D eigenvalue weighted by Crippen LogP contribution is -2.29. The van der Waals surface area contributed by atoms with Crippen molar-refractivity contribution in [2.75, 3.05) is 0 Å². The van der Waals surface area contributed by atoms with Gasteiger partial charge in [-0.1, -0.05) is 11.6 Å². The van der Waals surface area contributed by atoms with E-state index in [4.69, 9.17) is 17.3 Å². The van der Waals surface area contributed by atoms with E-state index in [9.17, 15) is 4.39 Å². The Kier molecular flexibility index (Phi) is 2.89. The lowest BCUT2D eigenvalue weighted by molar-refractivity contribution is 0.421. The van der Waals surface area contributed by atoms with Crippen LogP contribution in [0.15, 0.2) is 23.2 Å². The van der Waals surface area contributed by atoms with Gasteiger partial charge < -0.3 is 5.73 Å². The van der Waals surface area contributed by atoms with E-state index in [0.717, 1.165) is 24.8 Å². The molecule has 1 heterocycles. The Bertz CT molecular complexity index is 424. The smallest absolute Gasteiger partial charge is 0.125 e. The van der Waals surface area contributed by atoms with Crippen molar-refractivity contribution in [3.63, 3.8) is 0 Å². The summed E-state index contributed by atoms with van der Waals surface area (Å²) in [6, 6.07) is 4.53. The highest BCUT2D eigenvalue weighted by Gasteiger charge is 2.29. The number of hydrogen-bond donors (Lipinski definition) is 1. The second-order valence-corrected chi connectivity index (χ2v) is 4.83. The van der Waals surface area contributed by atoms with Crippen molar-refractivity contribution in [1.82, 2.24) is 0 Å². The molecule has 1 aromatic rings. The minimum absolute atomic E-state index is 0.330. The number of benzene rings is 1. The molecule has 0 amide bonds. The average Bonchev–Trinajstić information content (AvgIpc) is 2.15. The molecule has 16 heavy (non-hydrogen) atoms. The van der Waals surface area contributed by atoms with Crippen molar-refractivity contribution >= 4 is 17.4 Å². The van der Waals surface area contributed by atoms with Crippen LogP contribution >= 0.6 is 11.6 Å². The number of nitrogens with zero attached hydrogens (tertiary/aromatic N) is 1. The molecule has 0 bridgehead atoms. The van der Waals surface area contributed by atoms with E-state index in [1.165, 1.54) is 12.1 Å². The molecule has 1 aliphatic rings. The quantitative estimate of drug-likeness (QED) is 0.804. The molecule has 0 saturated carbocycles. The molecule has 0 aromatic heterocycles. The van der Waals surface area contributed by atoms with E-state index >= 15 is 0 Å². The van der Waals surface area contributed by atoms with Gasteiger partial charge in [-0.3, -0.25) is 4.99 Å². The maximum Gasteiger partial charge on any atom is 0.125 e. The van der Waals surface area contributed by atoms with Crippen LogP contribution in [-0.2, 0) is 5.54 Å². The first-order valence-corrected chi connectivity index (χ1v) is 5.68. The molecule has 1 atom stereocenters. The predicted molar refractivity (Wildman–Crippen MR) is 64.2 cm³/mol. The monoisotopic (exact) mass is 240 g/mol. The van der Waals surface area contributed by atoms with Gasteiger partial charge in [0.1, 0.15) is 5.82 Å². The van der Waals surface area contributed by atoms with E-state index in [-0.39, 0.29) is 5.82 Å². The summed E-state index contributed by atoms with van der Waals surface area (Å²) in [4.78, 5) is 4.44. The van der Waals surface area contributed by atoms with Crippen LogP contribution in [0.2, 0.25) is 5.02 Å². The fourth-order valence-electron chi connectivity index (χ4n) is 2.12. The summed E-state index contributed by atoms with van der Waals surface area (Å²) < 4.78 is 13.3. The van der Waals surface area contributed by atoms with Gasteiger partial charge in [0.15, 0.2) is 0 Å². The third-order valence-electron chi connectivity index (χ3n) is 2.97. The van der Waals surface area contributed by atoms with Crippen LogP contribution in [0.1, 0.15) is 31.7 Å². The average molecular weight is 241 g/mol. The molecule has 2 nitrogen and oxygen atoms in total. The van der Waals surface area contributed by atoms with Gasteiger partial charge in [-0.2, -0.15) is 0 Å². The molecule has 2 N–H and O–H groups in total. The van der Waals surface area contributed by atoms with Crippen molar-refractivity contribution in [3.05, 3.63) is 34.6 Å². The highest BCUT2D eigenvalue weighted by molar-refractivity contribution is 6.30. The Balaban J connectivity index is 2.46. The molecule has 86 valence electrons. The van der Waals surface area contributed by atoms with Crippen molar-refractivity contribution in [2.45, 2.75) is 31.7 Å². The molecule has 0 unspecified atom stereocenters. The number of hydrogen-bond acceptors (Lipinski definition) is 2. The molecular formula is C12H14ClFN2. The second-order valence-electron chi connectivity index (χ2n) is 4.39. The van der Waals surface area contributed by atoms with Gasteiger partial charge in [0, 0.05) is 11.4 Å². The summed E-state index contributed by atoms with van der Waals surface area (Å²) in [7, 11) is 0. The summed E-state index contributed by atoms with van der Waals surface area (Å²) in [6.45, 7) is 1.96. The first-order valence-electron chi connectivity index (χ1n) is 5.30. The molecule has 0 saturated heterocycles. The molecule has 0 aliphatic carbocycles. The molecule has 0 radical (unpaired) electrons. The van der Waals surface area contributed by atoms with E-state index in [2.05, 4.69) is 4.99 Å². The molecule has 2 rings (SSSR count). The number of amidine groups is 1. The number of aliphatic imine (C=N–C) groups is 1. The zero-order chi connectivity index (χ0) is 11.8. The van der Waals surface area contributed by atoms with Crippen LogP contribution in [0.25, 0.3) is 0 Å². The number of rotatable bonds is 1. The fourth-order valence-corrected chi connectivity index (χ4v) is 2.34. The lowest BCUT2D eigenvalue weighted by atomic mass is 9.85. The molecular weight excluding hydrogens is 227 g/mol. The van der Waals surface area contributed by atoms with Crippen molar-refractivity contribution in [1.29, 1.82) is 0 Å². The van der Waals surface area contributed by atoms with Crippen LogP contribution in [-0.4, -0.2) is 5.84 Å². The lowest BCUT2D eigenvalue weighted by Gasteiger charge is -2.30. The molecule has 0 fully saturated rings. The predicted octanol–water partition coefficient (Wildman–Crippen LogP) is 3.24. The Morgan fingerprint density at radius 1 is 1.44 bits per heavy atom. The van der Waals surface area contributed by atoms with Crippen LogP contribution in [0.5, 0.6) is 0 Å². The molecule has 4 heteroatoms. The Morgan fingerprint density at radius 3 is 2.81 bits per heavy atom. The van der Waals surface area contributed by atoms with Gasteiger partial charge in [0.2, 0.25) is 0 Å². The maximum absolute atomic E-state index is 13.3. The van der Waals surface area contributed by atoms with Crippen LogP contribution in [0.3, 0.4) is 0 Å². The van der Waals surface area contributed by atoms with Gasteiger partial charge in [-0.25, -0.2) is 4.39 Å². The Labute approximate surface area is 99.3 Å². The van der Waals surface area contributed by atoms with E-state index < -0.39 is 5.54 Å². The zero-order valence-corrected chi connectivity index (χ0v) is 9.89. The van der Waals surface area contributed by atoms with E-state index in [0.29, 0.717) is 10.9 Å². The summed E-state index contributed by atoms with van der Waals surface area (Å²) in [5, 5.41) is 0.399. The fraction of sp³-hybridized carbons (Fsp3) is 0.417. The SMILES string of the molecule is C[C@]1(c2cc(F)cc(Cl)c2)CCCC(N)=N1. The third-order valence-corrected chi connectivity index (χ3v) is 3.19. The molecule has 1 aliphatic heterocycles. The highest BCUT2D eigenvalue weighted by atomic mass is 35.5. The normalized spacial score (nSPS) is 25.3. The molecule has 1 aromatic carbocycles. The first-order chi connectivity index (χ1) is 7.49. The summed E-state index contributed by atoms with van der Waals surface area (Å²) in [5.74, 6) is 0.303. The van der Waals surface area contributed by atoms with E-state index in [1.807, 2.05) is 6.92 Å². The van der Waals surface area contributed by atoms with Gasteiger partial charge in [-0.05, 0) is 43.5 Å². The summed E-state index contributed by atoms with van der Waals surface area (Å²) >= 11 is 5.85. The molecule has 0 spiro atoms. The topological polar surface area (TPSA) is 38.4 Å². The largest absolute Gasteiger partial charge is 0.387 e. The van der Waals surface area contributed by atoms with Crippen molar-refractivity contribution < 1.29 is 4.39 Å². The number of halogens is 2. The van der Waals surface area contributed by atoms with E-state index in [1.54, 1.807) is 6.07 Å². The third kappa shape index (κ3) is 2.19. The van der Waals surface area contributed by atoms with Crippen LogP contribution < -0.4 is 5.73 Å². The number of nitrogens with two attached hydrogens (primary N) is 1.